The smallest absolute Gasteiger partial charge is 0.127 e. The Morgan fingerprint density at radius 3 is 2.53 bits per heavy atom. The molecule has 1 aromatic carbocycles. The third-order valence-corrected chi connectivity index (χ3v) is 3.22. The van der Waals surface area contributed by atoms with Gasteiger partial charge in [-0.15, -0.1) is 0 Å². The van der Waals surface area contributed by atoms with Crippen molar-refractivity contribution in [3.05, 3.63) is 23.8 Å². The van der Waals surface area contributed by atoms with Gasteiger partial charge in [-0.25, -0.2) is 0 Å². The topological polar surface area (TPSA) is 44.5 Å². The minimum absolute atomic E-state index is 0.0269. The highest BCUT2D eigenvalue weighted by Gasteiger charge is 2.09. The molecule has 0 aliphatic carbocycles. The molecule has 0 heterocycles. The van der Waals surface area contributed by atoms with Crippen LogP contribution in [0.1, 0.15) is 57.6 Å². The Balaban J connectivity index is 2.50. The van der Waals surface area contributed by atoms with Crippen molar-refractivity contribution in [1.29, 1.82) is 0 Å². The standard InChI is InChI=1S/C16H27NO2/c1-4-5-6-7-8-11-19-16-12-14(18-3)9-10-15(16)13(2)17/h9-10,12-13H,4-8,11,17H2,1-3H3/t13-/m0/s1. The van der Waals surface area contributed by atoms with Gasteiger partial charge in [0.15, 0.2) is 0 Å². The summed E-state index contributed by atoms with van der Waals surface area (Å²) in [6.07, 6.45) is 6.19. The predicted octanol–water partition coefficient (Wildman–Crippen LogP) is 4.06. The molecule has 3 heteroatoms. The van der Waals surface area contributed by atoms with Crippen molar-refractivity contribution in [2.75, 3.05) is 13.7 Å². The van der Waals surface area contributed by atoms with E-state index in [1.54, 1.807) is 7.11 Å². The third-order valence-electron chi connectivity index (χ3n) is 3.22. The van der Waals surface area contributed by atoms with Gasteiger partial charge in [0, 0.05) is 17.7 Å². The van der Waals surface area contributed by atoms with Gasteiger partial charge in [-0.3, -0.25) is 0 Å². The molecule has 0 radical (unpaired) electrons. The molecule has 0 spiro atoms. The molecule has 0 bridgehead atoms. The fraction of sp³-hybridized carbons (Fsp3) is 0.625. The monoisotopic (exact) mass is 265 g/mol. The van der Waals surface area contributed by atoms with Crippen LogP contribution in [0.5, 0.6) is 11.5 Å². The van der Waals surface area contributed by atoms with Crippen molar-refractivity contribution >= 4 is 0 Å². The number of benzene rings is 1. The van der Waals surface area contributed by atoms with E-state index in [0.29, 0.717) is 0 Å². The Kier molecular flexibility index (Phi) is 7.34. The first-order valence-electron chi connectivity index (χ1n) is 7.25. The van der Waals surface area contributed by atoms with E-state index in [9.17, 15) is 0 Å². The van der Waals surface area contributed by atoms with Crippen molar-refractivity contribution in [3.63, 3.8) is 0 Å². The van der Waals surface area contributed by atoms with Gasteiger partial charge in [0.1, 0.15) is 11.5 Å². The maximum atomic E-state index is 5.96. The van der Waals surface area contributed by atoms with Crippen molar-refractivity contribution in [2.24, 2.45) is 5.73 Å². The molecule has 108 valence electrons. The van der Waals surface area contributed by atoms with Gasteiger partial charge in [-0.2, -0.15) is 0 Å². The van der Waals surface area contributed by atoms with Gasteiger partial charge < -0.3 is 15.2 Å². The minimum atomic E-state index is -0.0269. The Hall–Kier alpha value is -1.22. The summed E-state index contributed by atoms with van der Waals surface area (Å²) in [4.78, 5) is 0. The number of rotatable bonds is 9. The van der Waals surface area contributed by atoms with Gasteiger partial charge in [-0.05, 0) is 19.4 Å². The van der Waals surface area contributed by atoms with E-state index in [1.165, 1.54) is 25.7 Å². The zero-order valence-corrected chi connectivity index (χ0v) is 12.4. The van der Waals surface area contributed by atoms with Crippen LogP contribution in [0, 0.1) is 0 Å². The Morgan fingerprint density at radius 2 is 1.89 bits per heavy atom. The SMILES string of the molecule is CCCCCCCOc1cc(OC)ccc1[C@H](C)N. The number of ether oxygens (including phenoxy) is 2. The van der Waals surface area contributed by atoms with Crippen LogP contribution in [-0.2, 0) is 0 Å². The highest BCUT2D eigenvalue weighted by Crippen LogP contribution is 2.28. The summed E-state index contributed by atoms with van der Waals surface area (Å²) in [6.45, 7) is 4.94. The Morgan fingerprint density at radius 1 is 1.16 bits per heavy atom. The maximum Gasteiger partial charge on any atom is 0.127 e. The fourth-order valence-electron chi connectivity index (χ4n) is 2.03. The first-order chi connectivity index (χ1) is 9.19. The summed E-state index contributed by atoms with van der Waals surface area (Å²) in [5, 5.41) is 0. The lowest BCUT2D eigenvalue weighted by Crippen LogP contribution is -2.09. The van der Waals surface area contributed by atoms with E-state index < -0.39 is 0 Å². The Labute approximate surface area is 117 Å². The molecule has 0 saturated carbocycles. The van der Waals surface area contributed by atoms with Crippen LogP contribution in [0.4, 0.5) is 0 Å². The molecular weight excluding hydrogens is 238 g/mol. The molecule has 0 amide bonds. The molecule has 1 aromatic rings. The molecule has 1 atom stereocenters. The van der Waals surface area contributed by atoms with Gasteiger partial charge in [0.05, 0.1) is 13.7 Å². The molecule has 19 heavy (non-hydrogen) atoms. The number of hydrogen-bond donors (Lipinski definition) is 1. The van der Waals surface area contributed by atoms with Crippen molar-refractivity contribution in [2.45, 2.75) is 52.0 Å². The molecule has 0 aromatic heterocycles. The van der Waals surface area contributed by atoms with Crippen LogP contribution in [0.15, 0.2) is 18.2 Å². The number of unbranched alkanes of at least 4 members (excludes halogenated alkanes) is 4. The molecule has 2 N–H and O–H groups in total. The van der Waals surface area contributed by atoms with Crippen molar-refractivity contribution < 1.29 is 9.47 Å². The highest BCUT2D eigenvalue weighted by atomic mass is 16.5. The van der Waals surface area contributed by atoms with Crippen LogP contribution < -0.4 is 15.2 Å². The second kappa shape index (κ2) is 8.81. The van der Waals surface area contributed by atoms with E-state index >= 15 is 0 Å². The molecule has 0 fully saturated rings. The molecule has 0 aliphatic rings. The number of nitrogens with two attached hydrogens (primary N) is 1. The summed E-state index contributed by atoms with van der Waals surface area (Å²) >= 11 is 0. The lowest BCUT2D eigenvalue weighted by molar-refractivity contribution is 0.298. The summed E-state index contributed by atoms with van der Waals surface area (Å²) < 4.78 is 11.1. The summed E-state index contributed by atoms with van der Waals surface area (Å²) in [6, 6.07) is 5.80. The molecule has 0 saturated heterocycles. The van der Waals surface area contributed by atoms with Gasteiger partial charge >= 0.3 is 0 Å². The quantitative estimate of drug-likeness (QED) is 0.685. The molecule has 1 rings (SSSR count). The minimum Gasteiger partial charge on any atom is -0.497 e. The first-order valence-corrected chi connectivity index (χ1v) is 7.25. The molecule has 0 unspecified atom stereocenters. The maximum absolute atomic E-state index is 5.96. The Bertz CT molecular complexity index is 364. The van der Waals surface area contributed by atoms with E-state index in [-0.39, 0.29) is 6.04 Å². The second-order valence-corrected chi connectivity index (χ2v) is 4.96. The fourth-order valence-corrected chi connectivity index (χ4v) is 2.03. The van der Waals surface area contributed by atoms with Crippen LogP contribution in [0.25, 0.3) is 0 Å². The van der Waals surface area contributed by atoms with E-state index in [2.05, 4.69) is 6.92 Å². The lowest BCUT2D eigenvalue weighted by atomic mass is 10.1. The second-order valence-electron chi connectivity index (χ2n) is 4.96. The lowest BCUT2D eigenvalue weighted by Gasteiger charge is -2.15. The number of hydrogen-bond acceptors (Lipinski definition) is 3. The average Bonchev–Trinajstić information content (AvgIpc) is 2.42. The van der Waals surface area contributed by atoms with Gasteiger partial charge in [0.25, 0.3) is 0 Å². The van der Waals surface area contributed by atoms with Crippen molar-refractivity contribution in [1.82, 2.24) is 0 Å². The van der Waals surface area contributed by atoms with Gasteiger partial charge in [-0.1, -0.05) is 38.7 Å². The highest BCUT2D eigenvalue weighted by molar-refractivity contribution is 5.42. The number of methoxy groups -OCH3 is 1. The zero-order valence-electron chi connectivity index (χ0n) is 12.4. The van der Waals surface area contributed by atoms with E-state index in [4.69, 9.17) is 15.2 Å². The summed E-state index contributed by atoms with van der Waals surface area (Å²) in [7, 11) is 1.66. The first kappa shape index (κ1) is 15.8. The van der Waals surface area contributed by atoms with Crippen LogP contribution in [0.3, 0.4) is 0 Å². The van der Waals surface area contributed by atoms with Gasteiger partial charge in [0.2, 0.25) is 0 Å². The third kappa shape index (κ3) is 5.52. The molecule has 3 nitrogen and oxygen atoms in total. The van der Waals surface area contributed by atoms with Crippen LogP contribution in [0.2, 0.25) is 0 Å². The summed E-state index contributed by atoms with van der Waals surface area (Å²) in [5.74, 6) is 1.66. The molecular formula is C16H27NO2. The average molecular weight is 265 g/mol. The normalized spacial score (nSPS) is 12.2. The largest absolute Gasteiger partial charge is 0.497 e. The van der Waals surface area contributed by atoms with Crippen molar-refractivity contribution in [3.8, 4) is 11.5 Å². The van der Waals surface area contributed by atoms with E-state index in [0.717, 1.165) is 30.1 Å². The zero-order chi connectivity index (χ0) is 14.1. The predicted molar refractivity (Wildman–Crippen MR) is 79.9 cm³/mol. The van der Waals surface area contributed by atoms with E-state index in [1.807, 2.05) is 25.1 Å². The summed E-state index contributed by atoms with van der Waals surface area (Å²) in [5.41, 5.74) is 6.99. The van der Waals surface area contributed by atoms with Crippen LogP contribution in [-0.4, -0.2) is 13.7 Å². The van der Waals surface area contributed by atoms with Crippen LogP contribution >= 0.6 is 0 Å². The molecule has 0 aliphatic heterocycles.